The van der Waals surface area contributed by atoms with Crippen LogP contribution >= 0.6 is 0 Å². The van der Waals surface area contributed by atoms with E-state index in [1.165, 1.54) is 12.5 Å². The zero-order chi connectivity index (χ0) is 9.80. The molecular weight excluding hydrogens is 182 g/mol. The first-order valence-electron chi connectivity index (χ1n) is 4.14. The van der Waals surface area contributed by atoms with Crippen LogP contribution < -0.4 is 4.74 Å². The van der Waals surface area contributed by atoms with Crippen molar-refractivity contribution < 1.29 is 14.3 Å². The number of benzene rings is 1. The summed E-state index contributed by atoms with van der Waals surface area (Å²) in [5.41, 5.74) is 0. The fourth-order valence-corrected chi connectivity index (χ4v) is 1.04. The minimum Gasteiger partial charge on any atom is -0.508 e. The van der Waals surface area contributed by atoms with E-state index < -0.39 is 0 Å². The van der Waals surface area contributed by atoms with Gasteiger partial charge in [-0.3, -0.25) is 0 Å². The highest BCUT2D eigenvalue weighted by molar-refractivity contribution is 5.31. The first-order chi connectivity index (χ1) is 6.84. The Hall–Kier alpha value is -1.97. The summed E-state index contributed by atoms with van der Waals surface area (Å²) < 4.78 is 10.3. The molecule has 0 saturated heterocycles. The summed E-state index contributed by atoms with van der Waals surface area (Å²) in [6.45, 7) is 0.309. The Morgan fingerprint density at radius 1 is 1.43 bits per heavy atom. The quantitative estimate of drug-likeness (QED) is 0.805. The molecule has 2 aromatic rings. The number of ether oxygens (including phenoxy) is 1. The molecule has 4 heteroatoms. The maximum atomic E-state index is 9.15. The van der Waals surface area contributed by atoms with Crippen LogP contribution in [0.2, 0.25) is 0 Å². The SMILES string of the molecule is Oc1cccc(OCc2cnco2)c1. The summed E-state index contributed by atoms with van der Waals surface area (Å²) in [6.07, 6.45) is 2.93. The first-order valence-corrected chi connectivity index (χ1v) is 4.14. The molecule has 0 amide bonds. The molecule has 1 aromatic heterocycles. The number of hydrogen-bond acceptors (Lipinski definition) is 4. The molecule has 0 saturated carbocycles. The summed E-state index contributed by atoms with van der Waals surface area (Å²) in [7, 11) is 0. The van der Waals surface area contributed by atoms with E-state index in [2.05, 4.69) is 4.98 Å². The van der Waals surface area contributed by atoms with Crippen LogP contribution in [-0.2, 0) is 6.61 Å². The lowest BCUT2D eigenvalue weighted by Crippen LogP contribution is -1.92. The summed E-state index contributed by atoms with van der Waals surface area (Å²) >= 11 is 0. The molecule has 0 bridgehead atoms. The van der Waals surface area contributed by atoms with Crippen LogP contribution in [0, 0.1) is 0 Å². The normalized spacial score (nSPS) is 10.0. The average molecular weight is 191 g/mol. The van der Waals surface area contributed by atoms with Crippen LogP contribution in [0.4, 0.5) is 0 Å². The fraction of sp³-hybridized carbons (Fsp3) is 0.100. The van der Waals surface area contributed by atoms with E-state index in [9.17, 15) is 0 Å². The highest BCUT2D eigenvalue weighted by atomic mass is 16.5. The van der Waals surface area contributed by atoms with Gasteiger partial charge in [-0.05, 0) is 12.1 Å². The molecule has 2 rings (SSSR count). The minimum absolute atomic E-state index is 0.181. The van der Waals surface area contributed by atoms with Crippen molar-refractivity contribution >= 4 is 0 Å². The molecule has 0 aliphatic carbocycles. The highest BCUT2D eigenvalue weighted by Gasteiger charge is 1.98. The van der Waals surface area contributed by atoms with Gasteiger partial charge in [0.2, 0.25) is 0 Å². The van der Waals surface area contributed by atoms with Gasteiger partial charge in [0.25, 0.3) is 0 Å². The van der Waals surface area contributed by atoms with Crippen molar-refractivity contribution in [1.82, 2.24) is 4.98 Å². The predicted molar refractivity (Wildman–Crippen MR) is 48.9 cm³/mol. The molecule has 0 fully saturated rings. The number of phenols is 1. The van der Waals surface area contributed by atoms with Gasteiger partial charge in [0, 0.05) is 6.07 Å². The van der Waals surface area contributed by atoms with Gasteiger partial charge in [-0.2, -0.15) is 0 Å². The third-order valence-corrected chi connectivity index (χ3v) is 1.68. The van der Waals surface area contributed by atoms with Crippen molar-refractivity contribution in [3.8, 4) is 11.5 Å². The molecule has 0 unspecified atom stereocenters. The molecule has 0 radical (unpaired) electrons. The van der Waals surface area contributed by atoms with E-state index in [4.69, 9.17) is 14.3 Å². The minimum atomic E-state index is 0.181. The van der Waals surface area contributed by atoms with Crippen LogP contribution in [0.25, 0.3) is 0 Å². The van der Waals surface area contributed by atoms with Gasteiger partial charge >= 0.3 is 0 Å². The Labute approximate surface area is 80.8 Å². The molecule has 14 heavy (non-hydrogen) atoms. The van der Waals surface area contributed by atoms with E-state index in [0.717, 1.165) is 0 Å². The summed E-state index contributed by atoms with van der Waals surface area (Å²) in [5, 5.41) is 9.15. The Bertz CT molecular complexity index is 398. The Morgan fingerprint density at radius 3 is 3.07 bits per heavy atom. The van der Waals surface area contributed by atoms with Gasteiger partial charge in [-0.25, -0.2) is 4.98 Å². The summed E-state index contributed by atoms with van der Waals surface area (Å²) in [5.74, 6) is 1.43. The average Bonchev–Trinajstić information content (AvgIpc) is 2.67. The third kappa shape index (κ3) is 2.04. The number of nitrogens with zero attached hydrogens (tertiary/aromatic N) is 1. The van der Waals surface area contributed by atoms with Crippen LogP contribution in [0.3, 0.4) is 0 Å². The second-order valence-corrected chi connectivity index (χ2v) is 2.75. The van der Waals surface area contributed by atoms with Crippen molar-refractivity contribution in [3.63, 3.8) is 0 Å². The summed E-state index contributed by atoms with van der Waals surface area (Å²) in [6, 6.07) is 6.60. The maximum absolute atomic E-state index is 9.15. The largest absolute Gasteiger partial charge is 0.508 e. The third-order valence-electron chi connectivity index (χ3n) is 1.68. The van der Waals surface area contributed by atoms with E-state index in [1.54, 1.807) is 24.4 Å². The molecule has 0 aliphatic rings. The molecule has 0 atom stereocenters. The van der Waals surface area contributed by atoms with Gasteiger partial charge in [0.15, 0.2) is 12.2 Å². The Morgan fingerprint density at radius 2 is 2.36 bits per heavy atom. The van der Waals surface area contributed by atoms with Crippen LogP contribution in [-0.4, -0.2) is 10.1 Å². The second-order valence-electron chi connectivity index (χ2n) is 2.75. The van der Waals surface area contributed by atoms with Crippen molar-refractivity contribution in [2.45, 2.75) is 6.61 Å². The molecule has 1 N–H and O–H groups in total. The van der Waals surface area contributed by atoms with Crippen LogP contribution in [0.15, 0.2) is 41.3 Å². The van der Waals surface area contributed by atoms with Gasteiger partial charge in [0.1, 0.15) is 18.1 Å². The lowest BCUT2D eigenvalue weighted by atomic mass is 10.3. The zero-order valence-electron chi connectivity index (χ0n) is 7.38. The Balaban J connectivity index is 1.98. The van der Waals surface area contributed by atoms with Crippen molar-refractivity contribution in [3.05, 3.63) is 42.6 Å². The van der Waals surface area contributed by atoms with Crippen LogP contribution in [0.5, 0.6) is 11.5 Å². The molecule has 1 heterocycles. The zero-order valence-corrected chi connectivity index (χ0v) is 7.38. The Kier molecular flexibility index (Phi) is 2.36. The topological polar surface area (TPSA) is 55.5 Å². The van der Waals surface area contributed by atoms with Crippen LogP contribution in [0.1, 0.15) is 5.76 Å². The number of hydrogen-bond donors (Lipinski definition) is 1. The smallest absolute Gasteiger partial charge is 0.181 e. The number of oxazole rings is 1. The van der Waals surface area contributed by atoms with Gasteiger partial charge in [-0.15, -0.1) is 0 Å². The molecule has 72 valence electrons. The van der Waals surface area contributed by atoms with Gasteiger partial charge in [0.05, 0.1) is 6.20 Å². The lowest BCUT2D eigenvalue weighted by molar-refractivity contribution is 0.269. The van der Waals surface area contributed by atoms with Gasteiger partial charge in [-0.1, -0.05) is 6.07 Å². The van der Waals surface area contributed by atoms with E-state index >= 15 is 0 Å². The van der Waals surface area contributed by atoms with E-state index in [0.29, 0.717) is 18.1 Å². The van der Waals surface area contributed by atoms with Gasteiger partial charge < -0.3 is 14.3 Å². The standard InChI is InChI=1S/C10H9NO3/c12-8-2-1-3-9(4-8)13-6-10-5-11-7-14-10/h1-5,7,12H,6H2. The highest BCUT2D eigenvalue weighted by Crippen LogP contribution is 2.18. The lowest BCUT2D eigenvalue weighted by Gasteiger charge is -2.03. The number of phenolic OH excluding ortho intramolecular Hbond substituents is 1. The molecule has 0 aliphatic heterocycles. The van der Waals surface area contributed by atoms with Crippen molar-refractivity contribution in [2.24, 2.45) is 0 Å². The molecule has 0 spiro atoms. The number of aromatic hydroxyl groups is 1. The molecule has 1 aromatic carbocycles. The summed E-state index contributed by atoms with van der Waals surface area (Å²) in [4.78, 5) is 3.76. The molecular formula is C10H9NO3. The van der Waals surface area contributed by atoms with Crippen molar-refractivity contribution in [2.75, 3.05) is 0 Å². The maximum Gasteiger partial charge on any atom is 0.181 e. The van der Waals surface area contributed by atoms with E-state index in [-0.39, 0.29) is 5.75 Å². The van der Waals surface area contributed by atoms with E-state index in [1.807, 2.05) is 0 Å². The fourth-order valence-electron chi connectivity index (χ4n) is 1.04. The predicted octanol–water partition coefficient (Wildman–Crippen LogP) is 1.96. The van der Waals surface area contributed by atoms with Crippen molar-refractivity contribution in [1.29, 1.82) is 0 Å². The number of rotatable bonds is 3. The second kappa shape index (κ2) is 3.83. The number of aromatic nitrogens is 1. The molecule has 4 nitrogen and oxygen atoms in total. The monoisotopic (exact) mass is 191 g/mol. The first kappa shape index (κ1) is 8.62.